The van der Waals surface area contributed by atoms with Gasteiger partial charge in [-0.2, -0.15) is 13.2 Å². The van der Waals surface area contributed by atoms with E-state index < -0.39 is 23.5 Å². The standard InChI is InChI=1S/C17H23N3O4.C2HF3O2/c1-19(2)20-11-14(17(22)23)16(21)13-10-12(5-6-15(13)20)4-3-8-24-9-7-18;3-2(4,5)1(6)7/h5-6,10-11H,3-4,7-9,18H2,1-2H3,(H,22,23);(H,6,7). The minimum absolute atomic E-state index is 0.236. The largest absolute Gasteiger partial charge is 0.490 e. The van der Waals surface area contributed by atoms with Crippen molar-refractivity contribution in [3.8, 4) is 0 Å². The van der Waals surface area contributed by atoms with Crippen molar-refractivity contribution in [1.29, 1.82) is 0 Å². The minimum Gasteiger partial charge on any atom is -0.477 e. The summed E-state index contributed by atoms with van der Waals surface area (Å²) in [4.78, 5) is 32.7. The predicted octanol–water partition coefficient (Wildman–Crippen LogP) is 1.44. The van der Waals surface area contributed by atoms with Gasteiger partial charge in [-0.3, -0.25) is 9.47 Å². The number of carbonyl (C=O) groups is 2. The molecule has 0 saturated carbocycles. The Morgan fingerprint density at radius 1 is 1.19 bits per heavy atom. The van der Waals surface area contributed by atoms with Crippen molar-refractivity contribution < 1.29 is 37.7 Å². The van der Waals surface area contributed by atoms with Gasteiger partial charge in [0.15, 0.2) is 0 Å². The Bertz CT molecular complexity index is 973. The lowest BCUT2D eigenvalue weighted by Crippen LogP contribution is -2.29. The lowest BCUT2D eigenvalue weighted by atomic mass is 10.0. The average Bonchev–Trinajstić information content (AvgIpc) is 2.67. The van der Waals surface area contributed by atoms with Crippen LogP contribution in [0.25, 0.3) is 10.9 Å². The van der Waals surface area contributed by atoms with Crippen molar-refractivity contribution >= 4 is 22.8 Å². The van der Waals surface area contributed by atoms with Crippen molar-refractivity contribution in [1.82, 2.24) is 4.68 Å². The number of fused-ring (bicyclic) bond motifs is 1. The van der Waals surface area contributed by atoms with Crippen molar-refractivity contribution in [3.63, 3.8) is 0 Å². The second-order valence-corrected chi connectivity index (χ2v) is 6.53. The van der Waals surface area contributed by atoms with Crippen molar-refractivity contribution in [3.05, 3.63) is 45.7 Å². The lowest BCUT2D eigenvalue weighted by molar-refractivity contribution is -0.192. The van der Waals surface area contributed by atoms with E-state index in [0.29, 0.717) is 30.7 Å². The van der Waals surface area contributed by atoms with Crippen LogP contribution in [0.1, 0.15) is 22.3 Å². The summed E-state index contributed by atoms with van der Waals surface area (Å²) in [7, 11) is 3.58. The Hall–Kier alpha value is -3.12. The van der Waals surface area contributed by atoms with Gasteiger partial charge in [-0.25, -0.2) is 9.59 Å². The lowest BCUT2D eigenvalue weighted by Gasteiger charge is -2.20. The topological polar surface area (TPSA) is 135 Å². The fourth-order valence-corrected chi connectivity index (χ4v) is 2.56. The summed E-state index contributed by atoms with van der Waals surface area (Å²) in [5, 5.41) is 18.5. The number of benzene rings is 1. The molecule has 2 aromatic rings. The molecule has 0 spiro atoms. The monoisotopic (exact) mass is 447 g/mol. The van der Waals surface area contributed by atoms with Crippen LogP contribution in [-0.4, -0.2) is 66.9 Å². The third-order valence-electron chi connectivity index (χ3n) is 3.97. The van der Waals surface area contributed by atoms with E-state index >= 15 is 0 Å². The van der Waals surface area contributed by atoms with Gasteiger partial charge in [0, 0.05) is 38.8 Å². The molecule has 9 nitrogen and oxygen atoms in total. The first-order chi connectivity index (χ1) is 14.4. The Morgan fingerprint density at radius 3 is 2.29 bits per heavy atom. The number of carboxylic acid groups (broad SMARTS) is 2. The van der Waals surface area contributed by atoms with Crippen molar-refractivity contribution in [2.45, 2.75) is 19.0 Å². The Labute approximate surface area is 175 Å². The number of aliphatic carboxylic acids is 1. The van der Waals surface area contributed by atoms with Crippen LogP contribution in [0, 0.1) is 0 Å². The van der Waals surface area contributed by atoms with Crippen LogP contribution < -0.4 is 16.2 Å². The zero-order valence-electron chi connectivity index (χ0n) is 17.0. The molecule has 0 atom stereocenters. The zero-order valence-corrected chi connectivity index (χ0v) is 17.0. The maximum absolute atomic E-state index is 12.5. The van der Waals surface area contributed by atoms with Crippen LogP contribution in [0.4, 0.5) is 13.2 Å². The number of aryl methyl sites for hydroxylation is 1. The smallest absolute Gasteiger partial charge is 0.477 e. The summed E-state index contributed by atoms with van der Waals surface area (Å²) in [5.74, 6) is -3.98. The van der Waals surface area contributed by atoms with E-state index in [1.165, 1.54) is 6.20 Å². The summed E-state index contributed by atoms with van der Waals surface area (Å²) in [6.07, 6.45) is -2.17. The maximum Gasteiger partial charge on any atom is 0.490 e. The van der Waals surface area contributed by atoms with Crippen molar-refractivity contribution in [2.75, 3.05) is 38.9 Å². The van der Waals surface area contributed by atoms with Crippen LogP contribution in [-0.2, 0) is 16.0 Å². The summed E-state index contributed by atoms with van der Waals surface area (Å²) >= 11 is 0. The Balaban J connectivity index is 0.000000592. The molecule has 0 radical (unpaired) electrons. The van der Waals surface area contributed by atoms with Gasteiger partial charge >= 0.3 is 18.1 Å². The molecule has 0 fully saturated rings. The highest BCUT2D eigenvalue weighted by atomic mass is 19.4. The summed E-state index contributed by atoms with van der Waals surface area (Å²) < 4.78 is 38.7. The molecule has 0 saturated heterocycles. The van der Waals surface area contributed by atoms with E-state index in [0.717, 1.165) is 18.4 Å². The zero-order chi connectivity index (χ0) is 23.8. The molecule has 1 aromatic carbocycles. The third kappa shape index (κ3) is 7.57. The fraction of sp³-hybridized carbons (Fsp3) is 0.421. The molecule has 0 aliphatic rings. The molecule has 4 N–H and O–H groups in total. The van der Waals surface area contributed by atoms with E-state index in [2.05, 4.69) is 0 Å². The predicted molar refractivity (Wildman–Crippen MR) is 107 cm³/mol. The number of hydrogen-bond acceptors (Lipinski definition) is 6. The van der Waals surface area contributed by atoms with Crippen LogP contribution in [0.15, 0.2) is 29.2 Å². The number of rotatable bonds is 8. The first kappa shape index (κ1) is 25.9. The average molecular weight is 447 g/mol. The number of aromatic carboxylic acids is 1. The summed E-state index contributed by atoms with van der Waals surface area (Å²) in [5.41, 5.74) is 6.32. The van der Waals surface area contributed by atoms with Crippen LogP contribution in [0.2, 0.25) is 0 Å². The molecule has 0 amide bonds. The normalized spacial score (nSPS) is 11.0. The molecule has 12 heteroatoms. The third-order valence-corrected chi connectivity index (χ3v) is 3.97. The first-order valence-corrected chi connectivity index (χ1v) is 9.07. The number of halogens is 3. The molecule has 172 valence electrons. The summed E-state index contributed by atoms with van der Waals surface area (Å²) in [6.45, 7) is 1.64. The van der Waals surface area contributed by atoms with Gasteiger partial charge in [-0.1, -0.05) is 6.07 Å². The Kier molecular flexibility index (Phi) is 9.46. The number of aromatic nitrogens is 1. The van der Waals surface area contributed by atoms with Gasteiger partial charge in [-0.15, -0.1) is 0 Å². The Morgan fingerprint density at radius 2 is 1.81 bits per heavy atom. The molecule has 1 heterocycles. The van der Waals surface area contributed by atoms with E-state index in [4.69, 9.17) is 20.4 Å². The van der Waals surface area contributed by atoms with Crippen molar-refractivity contribution in [2.24, 2.45) is 5.73 Å². The maximum atomic E-state index is 12.5. The van der Waals surface area contributed by atoms with Gasteiger partial charge in [0.25, 0.3) is 0 Å². The van der Waals surface area contributed by atoms with Crippen LogP contribution >= 0.6 is 0 Å². The molecule has 31 heavy (non-hydrogen) atoms. The number of ether oxygens (including phenoxy) is 1. The molecule has 0 unspecified atom stereocenters. The minimum atomic E-state index is -5.08. The fourth-order valence-electron chi connectivity index (χ4n) is 2.56. The van der Waals surface area contributed by atoms with Crippen LogP contribution in [0.5, 0.6) is 0 Å². The molecular weight excluding hydrogens is 423 g/mol. The number of carboxylic acids is 2. The van der Waals surface area contributed by atoms with Gasteiger partial charge < -0.3 is 25.7 Å². The SMILES string of the molecule is CN(C)n1cc(C(=O)O)c(=O)c2cc(CCCOCCN)ccc21.O=C(O)C(F)(F)F. The second-order valence-electron chi connectivity index (χ2n) is 6.53. The molecular formula is C19H24F3N3O6. The molecule has 0 aliphatic heterocycles. The van der Waals surface area contributed by atoms with E-state index in [1.54, 1.807) is 29.8 Å². The number of alkyl halides is 3. The number of nitrogens with zero attached hydrogens (tertiary/aromatic N) is 2. The van der Waals surface area contributed by atoms with E-state index in [9.17, 15) is 27.9 Å². The second kappa shape index (κ2) is 11.3. The van der Waals surface area contributed by atoms with Gasteiger partial charge in [0.05, 0.1) is 12.1 Å². The molecule has 2 rings (SSSR count). The first-order valence-electron chi connectivity index (χ1n) is 9.07. The van der Waals surface area contributed by atoms with Gasteiger partial charge in [-0.05, 0) is 30.5 Å². The molecule has 0 bridgehead atoms. The highest BCUT2D eigenvalue weighted by molar-refractivity contribution is 5.92. The highest BCUT2D eigenvalue weighted by Gasteiger charge is 2.38. The number of hydrogen-bond donors (Lipinski definition) is 3. The molecule has 1 aromatic heterocycles. The highest BCUT2D eigenvalue weighted by Crippen LogP contribution is 2.16. The van der Waals surface area contributed by atoms with E-state index in [1.807, 2.05) is 12.1 Å². The van der Waals surface area contributed by atoms with Crippen LogP contribution in [0.3, 0.4) is 0 Å². The number of pyridine rings is 1. The summed E-state index contributed by atoms with van der Waals surface area (Å²) in [6, 6.07) is 5.57. The quantitative estimate of drug-likeness (QED) is 0.518. The van der Waals surface area contributed by atoms with Gasteiger partial charge in [0.1, 0.15) is 5.56 Å². The van der Waals surface area contributed by atoms with E-state index in [-0.39, 0.29) is 5.56 Å². The van der Waals surface area contributed by atoms with Gasteiger partial charge in [0.2, 0.25) is 5.43 Å². The number of nitrogens with two attached hydrogens (primary N) is 1. The molecule has 0 aliphatic carbocycles.